The highest BCUT2D eigenvalue weighted by atomic mass is 32.1. The molecule has 6 heteroatoms. The van der Waals surface area contributed by atoms with Crippen molar-refractivity contribution in [1.82, 2.24) is 4.90 Å². The molecule has 0 bridgehead atoms. The third kappa shape index (κ3) is 2.43. The smallest absolute Gasteiger partial charge is 0.254 e. The first kappa shape index (κ1) is 13.2. The van der Waals surface area contributed by atoms with Gasteiger partial charge in [0, 0.05) is 24.6 Å². The predicted octanol–water partition coefficient (Wildman–Crippen LogP) is 1.55. The van der Waals surface area contributed by atoms with Gasteiger partial charge in [-0.25, -0.2) is 0 Å². The van der Waals surface area contributed by atoms with Crippen LogP contribution >= 0.6 is 12.2 Å². The van der Waals surface area contributed by atoms with Gasteiger partial charge in [0.1, 0.15) is 0 Å². The number of carbonyl (C=O) groups excluding carboxylic acids is 1. The molecule has 0 aliphatic carbocycles. The number of nitrogens with two attached hydrogens (primary N) is 1. The Morgan fingerprint density at radius 2 is 2.15 bits per heavy atom. The fourth-order valence-corrected chi connectivity index (χ4v) is 2.80. The molecule has 2 heterocycles. The second-order valence-corrected chi connectivity index (χ2v) is 5.53. The lowest BCUT2D eigenvalue weighted by Gasteiger charge is -2.32. The molecule has 0 saturated carbocycles. The summed E-state index contributed by atoms with van der Waals surface area (Å²) in [6, 6.07) is 5.26. The van der Waals surface area contributed by atoms with E-state index >= 15 is 0 Å². The summed E-state index contributed by atoms with van der Waals surface area (Å²) >= 11 is 5.04. The molecule has 1 amide bonds. The van der Waals surface area contributed by atoms with Gasteiger partial charge in [-0.3, -0.25) is 4.79 Å². The number of thiocarbonyl (C=S) groups is 1. The van der Waals surface area contributed by atoms with E-state index in [0.29, 0.717) is 28.6 Å². The number of rotatable bonds is 2. The summed E-state index contributed by atoms with van der Waals surface area (Å²) in [5, 5.41) is 0. The number of fused-ring (bicyclic) bond motifs is 1. The lowest BCUT2D eigenvalue weighted by molar-refractivity contribution is 0.0703. The van der Waals surface area contributed by atoms with Crippen molar-refractivity contribution in [3.8, 4) is 11.5 Å². The summed E-state index contributed by atoms with van der Waals surface area (Å²) in [6.07, 6.45) is 1.89. The molecule has 106 valence electrons. The second-order valence-electron chi connectivity index (χ2n) is 5.06. The van der Waals surface area contributed by atoms with Crippen molar-refractivity contribution in [3.63, 3.8) is 0 Å². The summed E-state index contributed by atoms with van der Waals surface area (Å²) in [4.78, 5) is 14.8. The zero-order chi connectivity index (χ0) is 14.1. The van der Waals surface area contributed by atoms with Crippen LogP contribution in [0.3, 0.4) is 0 Å². The zero-order valence-corrected chi connectivity index (χ0v) is 11.8. The molecule has 1 aromatic rings. The largest absolute Gasteiger partial charge is 0.454 e. The molecule has 0 radical (unpaired) electrons. The quantitative estimate of drug-likeness (QED) is 0.838. The van der Waals surface area contributed by atoms with Crippen molar-refractivity contribution in [2.24, 2.45) is 11.7 Å². The van der Waals surface area contributed by atoms with Crippen LogP contribution in [0.1, 0.15) is 23.2 Å². The first-order chi connectivity index (χ1) is 9.65. The molecule has 0 spiro atoms. The van der Waals surface area contributed by atoms with Gasteiger partial charge in [-0.2, -0.15) is 0 Å². The van der Waals surface area contributed by atoms with Crippen LogP contribution in [0.4, 0.5) is 0 Å². The molecule has 3 rings (SSSR count). The molecule has 0 aromatic heterocycles. The summed E-state index contributed by atoms with van der Waals surface area (Å²) in [7, 11) is 0. The average Bonchev–Trinajstić information content (AvgIpc) is 2.94. The number of hydrogen-bond acceptors (Lipinski definition) is 4. The minimum Gasteiger partial charge on any atom is -0.454 e. The van der Waals surface area contributed by atoms with Gasteiger partial charge in [-0.15, -0.1) is 0 Å². The number of nitrogens with zero attached hydrogens (tertiary/aromatic N) is 1. The van der Waals surface area contributed by atoms with Crippen LogP contribution in [0.25, 0.3) is 0 Å². The lowest BCUT2D eigenvalue weighted by atomic mass is 9.97. The Morgan fingerprint density at radius 1 is 1.35 bits per heavy atom. The Hall–Kier alpha value is -1.82. The van der Waals surface area contributed by atoms with Crippen molar-refractivity contribution < 1.29 is 14.3 Å². The van der Waals surface area contributed by atoms with Crippen LogP contribution in [0.5, 0.6) is 11.5 Å². The summed E-state index contributed by atoms with van der Waals surface area (Å²) in [6.45, 7) is 1.55. The highest BCUT2D eigenvalue weighted by Crippen LogP contribution is 2.33. The Bertz CT molecular complexity index is 561. The molecule has 2 aliphatic rings. The van der Waals surface area contributed by atoms with Crippen LogP contribution in [-0.4, -0.2) is 35.7 Å². The van der Waals surface area contributed by atoms with E-state index in [1.54, 1.807) is 18.2 Å². The summed E-state index contributed by atoms with van der Waals surface area (Å²) < 4.78 is 10.5. The third-order valence-corrected chi connectivity index (χ3v) is 4.06. The van der Waals surface area contributed by atoms with Crippen molar-refractivity contribution in [2.75, 3.05) is 19.9 Å². The zero-order valence-electron chi connectivity index (χ0n) is 11.0. The Kier molecular flexibility index (Phi) is 3.48. The van der Waals surface area contributed by atoms with E-state index in [-0.39, 0.29) is 18.6 Å². The molecule has 1 fully saturated rings. The lowest BCUT2D eigenvalue weighted by Crippen LogP contribution is -2.43. The summed E-state index contributed by atoms with van der Waals surface area (Å²) in [5.41, 5.74) is 6.31. The Balaban J connectivity index is 1.76. The molecule has 1 aromatic carbocycles. The van der Waals surface area contributed by atoms with Gasteiger partial charge < -0.3 is 20.1 Å². The normalized spacial score (nSPS) is 20.8. The van der Waals surface area contributed by atoms with E-state index in [1.807, 2.05) is 4.90 Å². The van der Waals surface area contributed by atoms with Gasteiger partial charge >= 0.3 is 0 Å². The molecule has 1 unspecified atom stereocenters. The molecular weight excluding hydrogens is 276 g/mol. The van der Waals surface area contributed by atoms with Crippen LogP contribution in [0.2, 0.25) is 0 Å². The average molecular weight is 292 g/mol. The molecule has 1 atom stereocenters. The van der Waals surface area contributed by atoms with E-state index in [0.717, 1.165) is 19.4 Å². The van der Waals surface area contributed by atoms with Gasteiger partial charge in [0.25, 0.3) is 5.91 Å². The second kappa shape index (κ2) is 5.28. The van der Waals surface area contributed by atoms with Crippen LogP contribution in [-0.2, 0) is 0 Å². The first-order valence-electron chi connectivity index (χ1n) is 6.63. The molecule has 1 saturated heterocycles. The standard InChI is InChI=1S/C14H16N2O3S/c15-13(20)10-2-1-5-16(7-10)14(17)9-3-4-11-12(6-9)19-8-18-11/h3-4,6,10H,1-2,5,7-8H2,(H2,15,20). The number of carbonyl (C=O) groups is 1. The van der Waals surface area contributed by atoms with E-state index in [4.69, 9.17) is 27.4 Å². The monoisotopic (exact) mass is 292 g/mol. The maximum Gasteiger partial charge on any atom is 0.254 e. The SMILES string of the molecule is NC(=S)C1CCCN(C(=O)c2ccc3c(c2)OCO3)C1. The molecule has 20 heavy (non-hydrogen) atoms. The predicted molar refractivity (Wildman–Crippen MR) is 78.0 cm³/mol. The Labute approximate surface area is 122 Å². The highest BCUT2D eigenvalue weighted by molar-refractivity contribution is 7.80. The van der Waals surface area contributed by atoms with E-state index in [9.17, 15) is 4.79 Å². The topological polar surface area (TPSA) is 64.8 Å². The molecule has 2 aliphatic heterocycles. The van der Waals surface area contributed by atoms with E-state index < -0.39 is 0 Å². The van der Waals surface area contributed by atoms with Crippen LogP contribution in [0.15, 0.2) is 18.2 Å². The number of hydrogen-bond donors (Lipinski definition) is 1. The van der Waals surface area contributed by atoms with Crippen LogP contribution in [0, 0.1) is 5.92 Å². The molecular formula is C14H16N2O3S. The number of amides is 1. The van der Waals surface area contributed by atoms with E-state index in [1.165, 1.54) is 0 Å². The van der Waals surface area contributed by atoms with Gasteiger partial charge in [0.05, 0.1) is 4.99 Å². The van der Waals surface area contributed by atoms with E-state index in [2.05, 4.69) is 0 Å². The maximum atomic E-state index is 12.5. The fraction of sp³-hybridized carbons (Fsp3) is 0.429. The number of likely N-dealkylation sites (tertiary alicyclic amines) is 1. The highest BCUT2D eigenvalue weighted by Gasteiger charge is 2.27. The van der Waals surface area contributed by atoms with Gasteiger partial charge in [-0.1, -0.05) is 12.2 Å². The van der Waals surface area contributed by atoms with Crippen molar-refractivity contribution in [3.05, 3.63) is 23.8 Å². The van der Waals surface area contributed by atoms with Gasteiger partial charge in [-0.05, 0) is 31.0 Å². The van der Waals surface area contributed by atoms with Crippen LogP contribution < -0.4 is 15.2 Å². The van der Waals surface area contributed by atoms with Crippen molar-refractivity contribution >= 4 is 23.1 Å². The van der Waals surface area contributed by atoms with Crippen molar-refractivity contribution in [1.29, 1.82) is 0 Å². The minimum atomic E-state index is -0.00995. The minimum absolute atomic E-state index is 0.00995. The number of piperidine rings is 1. The van der Waals surface area contributed by atoms with Gasteiger partial charge in [0.15, 0.2) is 11.5 Å². The van der Waals surface area contributed by atoms with Gasteiger partial charge in [0.2, 0.25) is 6.79 Å². The number of ether oxygens (including phenoxy) is 2. The van der Waals surface area contributed by atoms with Crippen molar-refractivity contribution in [2.45, 2.75) is 12.8 Å². The molecule has 2 N–H and O–H groups in total. The number of benzene rings is 1. The first-order valence-corrected chi connectivity index (χ1v) is 7.04. The maximum absolute atomic E-state index is 12.5. The molecule has 5 nitrogen and oxygen atoms in total. The summed E-state index contributed by atoms with van der Waals surface area (Å²) in [5.74, 6) is 1.42. The fourth-order valence-electron chi connectivity index (χ4n) is 2.61. The Morgan fingerprint density at radius 3 is 2.95 bits per heavy atom. The third-order valence-electron chi connectivity index (χ3n) is 3.73.